The lowest BCUT2D eigenvalue weighted by Gasteiger charge is -2.15. The molecule has 0 spiro atoms. The Morgan fingerprint density at radius 3 is 2.50 bits per heavy atom. The predicted octanol–water partition coefficient (Wildman–Crippen LogP) is 3.16. The summed E-state index contributed by atoms with van der Waals surface area (Å²) in [5, 5.41) is 3.02. The molecule has 6 heteroatoms. The Balaban J connectivity index is 1.86. The summed E-state index contributed by atoms with van der Waals surface area (Å²) >= 11 is 0. The Hall–Kier alpha value is -2.76. The smallest absolute Gasteiger partial charge is 0.251 e. The van der Waals surface area contributed by atoms with Crippen LogP contribution in [0, 0.1) is 20.8 Å². The van der Waals surface area contributed by atoms with Crippen LogP contribution in [0.1, 0.15) is 52.7 Å². The molecule has 2 heterocycles. The molecule has 1 amide bonds. The summed E-state index contributed by atoms with van der Waals surface area (Å²) in [5.41, 5.74) is 4.85. The molecular formula is C18H21N5O. The second-order valence-electron chi connectivity index (χ2n) is 5.98. The van der Waals surface area contributed by atoms with Crippen molar-refractivity contribution in [3.05, 3.63) is 52.9 Å². The number of carbonyl (C=O) groups is 1. The van der Waals surface area contributed by atoms with Gasteiger partial charge in [-0.05, 0) is 45.4 Å². The molecule has 3 aromatic rings. The van der Waals surface area contributed by atoms with Crippen LogP contribution in [-0.2, 0) is 0 Å². The van der Waals surface area contributed by atoms with E-state index in [2.05, 4.69) is 25.3 Å². The zero-order chi connectivity index (χ0) is 17.3. The molecule has 0 radical (unpaired) electrons. The fraction of sp³-hybridized carbons (Fsp3) is 0.333. The Morgan fingerprint density at radius 2 is 1.88 bits per heavy atom. The fourth-order valence-electron chi connectivity index (χ4n) is 2.59. The number of carbonyl (C=O) groups excluding carboxylic acids is 1. The molecule has 24 heavy (non-hydrogen) atoms. The monoisotopic (exact) mass is 323 g/mol. The van der Waals surface area contributed by atoms with Crippen LogP contribution < -0.4 is 5.32 Å². The topological polar surface area (TPSA) is 83.6 Å². The summed E-state index contributed by atoms with van der Waals surface area (Å²) in [7, 11) is 0. The van der Waals surface area contributed by atoms with Gasteiger partial charge in [0.25, 0.3) is 5.91 Å². The number of imidazole rings is 1. The standard InChI is InChI=1S/C18H21N5O/c1-5-14(17-19-9-10(2)20-17)23-18(24)13-6-7-15-16(8-13)22-12(4)11(3)21-15/h6-9,14H,5H2,1-4H3,(H,19,20)(H,23,24). The van der Waals surface area contributed by atoms with Crippen LogP contribution in [-0.4, -0.2) is 25.8 Å². The number of rotatable bonds is 4. The first kappa shape index (κ1) is 16.1. The van der Waals surface area contributed by atoms with Crippen molar-refractivity contribution in [2.24, 2.45) is 0 Å². The molecule has 124 valence electrons. The van der Waals surface area contributed by atoms with E-state index >= 15 is 0 Å². The Bertz CT molecular complexity index is 900. The summed E-state index contributed by atoms with van der Waals surface area (Å²) in [6, 6.07) is 5.25. The molecule has 6 nitrogen and oxygen atoms in total. The van der Waals surface area contributed by atoms with Crippen molar-refractivity contribution in [1.82, 2.24) is 25.3 Å². The average Bonchev–Trinajstić information content (AvgIpc) is 2.99. The lowest BCUT2D eigenvalue weighted by Crippen LogP contribution is -2.28. The van der Waals surface area contributed by atoms with Gasteiger partial charge in [-0.3, -0.25) is 4.79 Å². The molecule has 0 aliphatic rings. The lowest BCUT2D eigenvalue weighted by atomic mass is 10.1. The molecule has 1 aromatic carbocycles. The molecule has 1 unspecified atom stereocenters. The number of aromatic nitrogens is 4. The Kier molecular flexibility index (Phi) is 4.29. The van der Waals surface area contributed by atoms with Crippen LogP contribution in [0.25, 0.3) is 11.0 Å². The molecule has 2 N–H and O–H groups in total. The average molecular weight is 323 g/mol. The first-order valence-corrected chi connectivity index (χ1v) is 8.05. The number of hydrogen-bond donors (Lipinski definition) is 2. The number of amides is 1. The van der Waals surface area contributed by atoms with Gasteiger partial charge in [-0.25, -0.2) is 15.0 Å². The van der Waals surface area contributed by atoms with Gasteiger partial charge in [0.2, 0.25) is 0 Å². The normalized spacial score (nSPS) is 12.3. The number of aromatic amines is 1. The number of nitrogens with one attached hydrogen (secondary N) is 2. The lowest BCUT2D eigenvalue weighted by molar-refractivity contribution is 0.0934. The van der Waals surface area contributed by atoms with Crippen LogP contribution in [0.15, 0.2) is 24.4 Å². The molecule has 1 atom stereocenters. The minimum absolute atomic E-state index is 0.141. The second kappa shape index (κ2) is 6.39. The van der Waals surface area contributed by atoms with Crippen LogP contribution >= 0.6 is 0 Å². The Labute approximate surface area is 140 Å². The van der Waals surface area contributed by atoms with Gasteiger partial charge in [0.05, 0.1) is 28.5 Å². The highest BCUT2D eigenvalue weighted by Gasteiger charge is 2.17. The maximum absolute atomic E-state index is 12.6. The minimum Gasteiger partial charge on any atom is -0.344 e. The first-order chi connectivity index (χ1) is 11.5. The highest BCUT2D eigenvalue weighted by Crippen LogP contribution is 2.17. The predicted molar refractivity (Wildman–Crippen MR) is 92.8 cm³/mol. The number of aryl methyl sites for hydroxylation is 3. The summed E-state index contributed by atoms with van der Waals surface area (Å²) in [4.78, 5) is 29.1. The third kappa shape index (κ3) is 3.13. The van der Waals surface area contributed by atoms with Gasteiger partial charge in [-0.2, -0.15) is 0 Å². The second-order valence-corrected chi connectivity index (χ2v) is 5.98. The summed E-state index contributed by atoms with van der Waals surface area (Å²) < 4.78 is 0. The third-order valence-electron chi connectivity index (χ3n) is 4.10. The Morgan fingerprint density at radius 1 is 1.17 bits per heavy atom. The van der Waals surface area contributed by atoms with Gasteiger partial charge in [0, 0.05) is 17.5 Å². The van der Waals surface area contributed by atoms with Gasteiger partial charge in [0.1, 0.15) is 5.82 Å². The van der Waals surface area contributed by atoms with E-state index in [1.165, 1.54) is 0 Å². The number of nitrogens with zero attached hydrogens (tertiary/aromatic N) is 3. The van der Waals surface area contributed by atoms with Crippen molar-refractivity contribution in [2.45, 2.75) is 40.2 Å². The number of benzene rings is 1. The van der Waals surface area contributed by atoms with Crippen LogP contribution in [0.3, 0.4) is 0 Å². The molecule has 0 aliphatic carbocycles. The van der Waals surface area contributed by atoms with Gasteiger partial charge in [-0.15, -0.1) is 0 Å². The zero-order valence-corrected chi connectivity index (χ0v) is 14.3. The van der Waals surface area contributed by atoms with Crippen molar-refractivity contribution in [1.29, 1.82) is 0 Å². The van der Waals surface area contributed by atoms with E-state index in [0.29, 0.717) is 5.56 Å². The quantitative estimate of drug-likeness (QED) is 0.772. The van der Waals surface area contributed by atoms with E-state index in [4.69, 9.17) is 0 Å². The number of hydrogen-bond acceptors (Lipinski definition) is 4. The van der Waals surface area contributed by atoms with Gasteiger partial charge >= 0.3 is 0 Å². The van der Waals surface area contributed by atoms with Crippen LogP contribution in [0.5, 0.6) is 0 Å². The molecule has 0 saturated carbocycles. The van der Waals surface area contributed by atoms with E-state index in [9.17, 15) is 4.79 Å². The van der Waals surface area contributed by atoms with Crippen molar-refractivity contribution in [3.63, 3.8) is 0 Å². The molecule has 2 aromatic heterocycles. The van der Waals surface area contributed by atoms with Crippen molar-refractivity contribution >= 4 is 16.9 Å². The first-order valence-electron chi connectivity index (χ1n) is 8.05. The molecule has 0 aliphatic heterocycles. The fourth-order valence-corrected chi connectivity index (χ4v) is 2.59. The van der Waals surface area contributed by atoms with E-state index in [0.717, 1.165) is 40.4 Å². The minimum atomic E-state index is -0.146. The van der Waals surface area contributed by atoms with E-state index in [1.807, 2.05) is 33.8 Å². The van der Waals surface area contributed by atoms with Gasteiger partial charge in [-0.1, -0.05) is 6.92 Å². The number of H-pyrrole nitrogens is 1. The van der Waals surface area contributed by atoms with Gasteiger partial charge < -0.3 is 10.3 Å². The highest BCUT2D eigenvalue weighted by atomic mass is 16.1. The summed E-state index contributed by atoms with van der Waals surface area (Å²) in [6.45, 7) is 7.80. The molecule has 0 fully saturated rings. The maximum Gasteiger partial charge on any atom is 0.251 e. The van der Waals surface area contributed by atoms with Crippen molar-refractivity contribution in [3.8, 4) is 0 Å². The number of fused-ring (bicyclic) bond motifs is 1. The van der Waals surface area contributed by atoms with Crippen molar-refractivity contribution in [2.75, 3.05) is 0 Å². The highest BCUT2D eigenvalue weighted by molar-refractivity contribution is 5.97. The van der Waals surface area contributed by atoms with Crippen LogP contribution in [0.4, 0.5) is 0 Å². The largest absolute Gasteiger partial charge is 0.344 e. The van der Waals surface area contributed by atoms with E-state index < -0.39 is 0 Å². The van der Waals surface area contributed by atoms with Gasteiger partial charge in [0.15, 0.2) is 0 Å². The zero-order valence-electron chi connectivity index (χ0n) is 14.3. The molecule has 3 rings (SSSR count). The third-order valence-corrected chi connectivity index (χ3v) is 4.10. The maximum atomic E-state index is 12.6. The van der Waals surface area contributed by atoms with Crippen LogP contribution in [0.2, 0.25) is 0 Å². The molecule has 0 saturated heterocycles. The summed E-state index contributed by atoms with van der Waals surface area (Å²) in [6.07, 6.45) is 2.52. The molecular weight excluding hydrogens is 302 g/mol. The summed E-state index contributed by atoms with van der Waals surface area (Å²) in [5.74, 6) is 0.633. The van der Waals surface area contributed by atoms with Crippen molar-refractivity contribution < 1.29 is 4.79 Å². The molecule has 0 bridgehead atoms. The van der Waals surface area contributed by atoms with E-state index in [1.54, 1.807) is 18.3 Å². The SMILES string of the molecule is CCC(NC(=O)c1ccc2nc(C)c(C)nc2c1)c1ncc(C)[nH]1. The van der Waals surface area contributed by atoms with E-state index in [-0.39, 0.29) is 11.9 Å².